The van der Waals surface area contributed by atoms with Crippen LogP contribution in [0, 0.1) is 0 Å². The number of imidazole rings is 1. The topological polar surface area (TPSA) is 138 Å². The molecule has 1 atom stereocenters. The van der Waals surface area contributed by atoms with Crippen molar-refractivity contribution in [1.82, 2.24) is 19.9 Å². The lowest BCUT2D eigenvalue weighted by molar-refractivity contribution is -0.137. The number of carboxylic acids is 1. The summed E-state index contributed by atoms with van der Waals surface area (Å²) in [6, 6.07) is 9.07. The van der Waals surface area contributed by atoms with E-state index in [1.54, 1.807) is 0 Å². The lowest BCUT2D eigenvalue weighted by atomic mass is 10.2. The number of aliphatic carboxylic acids is 1. The smallest absolute Gasteiger partial charge is 0.303 e. The first-order chi connectivity index (χ1) is 13.5. The van der Waals surface area contributed by atoms with E-state index in [4.69, 9.17) is 15.8 Å². The molecule has 4 rings (SSSR count). The van der Waals surface area contributed by atoms with Crippen LogP contribution in [0.25, 0.3) is 22.6 Å². The fourth-order valence-electron chi connectivity index (χ4n) is 3.51. The first-order valence-electron chi connectivity index (χ1n) is 9.12. The lowest BCUT2D eigenvalue weighted by Crippen LogP contribution is -2.41. The Morgan fingerprint density at radius 3 is 2.71 bits per heavy atom. The van der Waals surface area contributed by atoms with Gasteiger partial charge in [0, 0.05) is 18.5 Å². The maximum atomic E-state index is 11.9. The van der Waals surface area contributed by atoms with Crippen LogP contribution in [0.5, 0.6) is 0 Å². The van der Waals surface area contributed by atoms with Crippen LogP contribution in [0.2, 0.25) is 0 Å². The Morgan fingerprint density at radius 1 is 1.21 bits per heavy atom. The summed E-state index contributed by atoms with van der Waals surface area (Å²) >= 11 is 0. The Kier molecular flexibility index (Phi) is 4.64. The van der Waals surface area contributed by atoms with E-state index in [1.165, 1.54) is 0 Å². The Hall–Kier alpha value is -3.49. The van der Waals surface area contributed by atoms with Crippen molar-refractivity contribution < 1.29 is 14.7 Å². The van der Waals surface area contributed by atoms with Crippen LogP contribution in [0.1, 0.15) is 25.1 Å². The molecule has 1 aromatic carbocycles. The zero-order chi connectivity index (χ0) is 19.7. The molecule has 144 valence electrons. The number of aryl methyl sites for hydroxylation is 1. The number of amides is 1. The second-order valence-corrected chi connectivity index (χ2v) is 6.77. The average molecular weight is 380 g/mol. The van der Waals surface area contributed by atoms with Crippen LogP contribution in [-0.4, -0.2) is 49.5 Å². The van der Waals surface area contributed by atoms with Crippen molar-refractivity contribution in [2.45, 2.75) is 31.7 Å². The number of primary amides is 1. The Labute approximate surface area is 160 Å². The third kappa shape index (κ3) is 3.38. The maximum absolute atomic E-state index is 11.9. The molecule has 3 heterocycles. The molecular formula is C19H20N6O3. The van der Waals surface area contributed by atoms with Crippen molar-refractivity contribution in [2.24, 2.45) is 5.73 Å². The number of hydrogen-bond acceptors (Lipinski definition) is 6. The number of carbonyl (C=O) groups is 2. The van der Waals surface area contributed by atoms with Crippen LogP contribution < -0.4 is 10.6 Å². The number of benzene rings is 1. The highest BCUT2D eigenvalue weighted by molar-refractivity contribution is 5.90. The normalized spacial score (nSPS) is 16.6. The molecule has 0 saturated carbocycles. The summed E-state index contributed by atoms with van der Waals surface area (Å²) in [5.74, 6) is 0.294. The van der Waals surface area contributed by atoms with Crippen molar-refractivity contribution in [3.8, 4) is 11.4 Å². The van der Waals surface area contributed by atoms with Crippen LogP contribution in [0.4, 0.5) is 5.82 Å². The summed E-state index contributed by atoms with van der Waals surface area (Å²) in [5.41, 5.74) is 7.45. The number of H-pyrrole nitrogens is 1. The van der Waals surface area contributed by atoms with E-state index in [0.717, 1.165) is 12.0 Å². The third-order valence-corrected chi connectivity index (χ3v) is 4.84. The minimum absolute atomic E-state index is 0.0399. The van der Waals surface area contributed by atoms with E-state index in [1.807, 2.05) is 35.2 Å². The van der Waals surface area contributed by atoms with Gasteiger partial charge in [-0.05, 0) is 12.8 Å². The van der Waals surface area contributed by atoms with E-state index in [2.05, 4.69) is 15.0 Å². The van der Waals surface area contributed by atoms with Gasteiger partial charge in [-0.2, -0.15) is 0 Å². The molecular weight excluding hydrogens is 360 g/mol. The molecule has 0 aliphatic carbocycles. The van der Waals surface area contributed by atoms with Gasteiger partial charge in [-0.25, -0.2) is 15.0 Å². The van der Waals surface area contributed by atoms with Crippen molar-refractivity contribution in [1.29, 1.82) is 0 Å². The maximum Gasteiger partial charge on any atom is 0.303 e. The van der Waals surface area contributed by atoms with Gasteiger partial charge in [-0.1, -0.05) is 30.3 Å². The molecule has 0 unspecified atom stereocenters. The van der Waals surface area contributed by atoms with E-state index >= 15 is 0 Å². The average Bonchev–Trinajstić information content (AvgIpc) is 3.33. The van der Waals surface area contributed by atoms with E-state index in [9.17, 15) is 9.59 Å². The van der Waals surface area contributed by atoms with Crippen LogP contribution in [0.15, 0.2) is 30.3 Å². The molecule has 3 aromatic rings. The predicted molar refractivity (Wildman–Crippen MR) is 103 cm³/mol. The zero-order valence-electron chi connectivity index (χ0n) is 15.1. The molecule has 2 aromatic heterocycles. The number of fused-ring (bicyclic) bond motifs is 1. The van der Waals surface area contributed by atoms with Crippen LogP contribution >= 0.6 is 0 Å². The summed E-state index contributed by atoms with van der Waals surface area (Å²) in [4.78, 5) is 41.6. The molecule has 9 heteroatoms. The first-order valence-corrected chi connectivity index (χ1v) is 9.12. The SMILES string of the molecule is NC(=O)[C@@H]1CCCN1c1nc(-c2ccccc2)nc2nc(CCC(=O)O)[nH]c12. The molecule has 9 nitrogen and oxygen atoms in total. The van der Waals surface area contributed by atoms with Crippen LogP contribution in [-0.2, 0) is 16.0 Å². The van der Waals surface area contributed by atoms with Gasteiger partial charge in [-0.15, -0.1) is 0 Å². The number of nitrogens with two attached hydrogens (primary N) is 1. The van der Waals surface area contributed by atoms with Gasteiger partial charge in [0.1, 0.15) is 17.4 Å². The van der Waals surface area contributed by atoms with Crippen molar-refractivity contribution >= 4 is 28.9 Å². The monoisotopic (exact) mass is 380 g/mol. The third-order valence-electron chi connectivity index (χ3n) is 4.84. The summed E-state index contributed by atoms with van der Waals surface area (Å²) in [6.45, 7) is 0.650. The molecule has 28 heavy (non-hydrogen) atoms. The highest BCUT2D eigenvalue weighted by atomic mass is 16.4. The van der Waals surface area contributed by atoms with Gasteiger partial charge in [-0.3, -0.25) is 9.59 Å². The standard InChI is InChI=1S/C19H20N6O3/c20-16(28)12-7-4-10-25(12)19-15-18(22-13(21-15)8-9-14(26)27)23-17(24-19)11-5-2-1-3-6-11/h1-3,5-6,12H,4,7-10H2,(H2,20,28)(H,26,27)(H,21,22,23,24)/t12-/m0/s1. The Bertz CT molecular complexity index is 1030. The van der Waals surface area contributed by atoms with Gasteiger partial charge in [0.2, 0.25) is 5.91 Å². The summed E-state index contributed by atoms with van der Waals surface area (Å²) in [6.07, 6.45) is 1.72. The van der Waals surface area contributed by atoms with Crippen molar-refractivity contribution in [2.75, 3.05) is 11.4 Å². The molecule has 0 spiro atoms. The van der Waals surface area contributed by atoms with Crippen LogP contribution in [0.3, 0.4) is 0 Å². The largest absolute Gasteiger partial charge is 0.481 e. The second kappa shape index (κ2) is 7.26. The molecule has 1 aliphatic rings. The molecule has 0 bridgehead atoms. The number of aromatic amines is 1. The van der Waals surface area contributed by atoms with Crippen molar-refractivity contribution in [3.63, 3.8) is 0 Å². The number of carboxylic acid groups (broad SMARTS) is 1. The highest BCUT2D eigenvalue weighted by Gasteiger charge is 2.32. The number of hydrogen-bond donors (Lipinski definition) is 3. The van der Waals surface area contributed by atoms with Gasteiger partial charge in [0.05, 0.1) is 6.42 Å². The number of nitrogens with one attached hydrogen (secondary N) is 1. The number of nitrogens with zero attached hydrogens (tertiary/aromatic N) is 4. The Balaban J connectivity index is 1.84. The molecule has 1 amide bonds. The van der Waals surface area contributed by atoms with E-state index < -0.39 is 17.9 Å². The summed E-state index contributed by atoms with van der Waals surface area (Å²) < 4.78 is 0. The van der Waals surface area contributed by atoms with Crippen molar-refractivity contribution in [3.05, 3.63) is 36.2 Å². The molecule has 4 N–H and O–H groups in total. The minimum Gasteiger partial charge on any atom is -0.481 e. The summed E-state index contributed by atoms with van der Waals surface area (Å²) in [5, 5.41) is 8.94. The fraction of sp³-hybridized carbons (Fsp3) is 0.316. The minimum atomic E-state index is -0.898. The number of aromatic nitrogens is 4. The van der Waals surface area contributed by atoms with Gasteiger partial charge >= 0.3 is 5.97 Å². The first kappa shape index (κ1) is 17.9. The van der Waals surface area contributed by atoms with Gasteiger partial charge < -0.3 is 20.7 Å². The highest BCUT2D eigenvalue weighted by Crippen LogP contribution is 2.31. The fourth-order valence-corrected chi connectivity index (χ4v) is 3.51. The molecule has 0 radical (unpaired) electrons. The molecule has 1 fully saturated rings. The number of anilines is 1. The van der Waals surface area contributed by atoms with E-state index in [0.29, 0.717) is 41.6 Å². The predicted octanol–water partition coefficient (Wildman–Crippen LogP) is 1.49. The second-order valence-electron chi connectivity index (χ2n) is 6.77. The summed E-state index contributed by atoms with van der Waals surface area (Å²) in [7, 11) is 0. The van der Waals surface area contributed by atoms with Gasteiger partial charge in [0.15, 0.2) is 17.3 Å². The number of rotatable bonds is 6. The molecule has 1 saturated heterocycles. The van der Waals surface area contributed by atoms with E-state index in [-0.39, 0.29) is 12.8 Å². The Morgan fingerprint density at radius 2 is 2.00 bits per heavy atom. The number of carbonyl (C=O) groups excluding carboxylic acids is 1. The quantitative estimate of drug-likeness (QED) is 0.589. The van der Waals surface area contributed by atoms with Gasteiger partial charge in [0.25, 0.3) is 0 Å². The lowest BCUT2D eigenvalue weighted by Gasteiger charge is -2.23. The molecule has 1 aliphatic heterocycles. The zero-order valence-corrected chi connectivity index (χ0v) is 15.1.